The van der Waals surface area contributed by atoms with E-state index in [0.717, 1.165) is 0 Å². The first-order chi connectivity index (χ1) is 8.73. The van der Waals surface area contributed by atoms with Gasteiger partial charge in [-0.15, -0.1) is 0 Å². The molecule has 19 heavy (non-hydrogen) atoms. The number of ketones is 1. The molecule has 0 aliphatic heterocycles. The van der Waals surface area contributed by atoms with Gasteiger partial charge in [0.15, 0.2) is 11.6 Å². The fraction of sp³-hybridized carbons (Fsp3) is 0.429. The van der Waals surface area contributed by atoms with Crippen molar-refractivity contribution in [2.45, 2.75) is 26.2 Å². The number of methoxy groups -OCH3 is 1. The smallest absolute Gasteiger partial charge is 0.372 e. The molecule has 1 aromatic rings. The topological polar surface area (TPSA) is 63.6 Å². The van der Waals surface area contributed by atoms with Crippen molar-refractivity contribution in [3.05, 3.63) is 29.6 Å². The molecule has 1 N–H and O–H groups in total. The molecule has 0 bridgehead atoms. The fourth-order valence-electron chi connectivity index (χ4n) is 1.91. The van der Waals surface area contributed by atoms with E-state index < -0.39 is 28.9 Å². The Balaban J connectivity index is 3.27. The van der Waals surface area contributed by atoms with Crippen molar-refractivity contribution in [3.8, 4) is 5.75 Å². The number of hydrogen-bond acceptors (Lipinski definition) is 3. The zero-order chi connectivity index (χ0) is 14.8. The van der Waals surface area contributed by atoms with E-state index in [1.54, 1.807) is 19.9 Å². The predicted molar refractivity (Wildman–Crippen MR) is 67.8 cm³/mol. The summed E-state index contributed by atoms with van der Waals surface area (Å²) < 4.78 is 19.1. The van der Waals surface area contributed by atoms with Gasteiger partial charge in [0.05, 0.1) is 7.11 Å². The molecule has 0 saturated carbocycles. The lowest BCUT2D eigenvalue weighted by Gasteiger charge is -2.31. The Morgan fingerprint density at radius 1 is 1.37 bits per heavy atom. The highest BCUT2D eigenvalue weighted by Crippen LogP contribution is 2.36. The number of ether oxygens (including phenoxy) is 1. The van der Waals surface area contributed by atoms with Crippen LogP contribution in [-0.2, 0) is 15.0 Å². The number of carboxylic acid groups (broad SMARTS) is 1. The zero-order valence-electron chi connectivity index (χ0n) is 11.4. The molecule has 0 aliphatic carbocycles. The van der Waals surface area contributed by atoms with Crippen molar-refractivity contribution in [1.29, 1.82) is 0 Å². The van der Waals surface area contributed by atoms with Crippen molar-refractivity contribution < 1.29 is 23.8 Å². The summed E-state index contributed by atoms with van der Waals surface area (Å²) in [6.45, 7) is 4.75. The van der Waals surface area contributed by atoms with Gasteiger partial charge in [-0.2, -0.15) is 0 Å². The number of halogens is 1. The number of hydrogen-bond donors (Lipinski definition) is 1. The lowest BCUT2D eigenvalue weighted by molar-refractivity contribution is -0.151. The van der Waals surface area contributed by atoms with Crippen LogP contribution in [0.2, 0.25) is 0 Å². The van der Waals surface area contributed by atoms with Gasteiger partial charge in [0.2, 0.25) is 5.78 Å². The Morgan fingerprint density at radius 3 is 2.42 bits per heavy atom. The molecule has 1 aromatic carbocycles. The predicted octanol–water partition coefficient (Wildman–Crippen LogP) is 2.40. The van der Waals surface area contributed by atoms with E-state index in [-0.39, 0.29) is 11.3 Å². The van der Waals surface area contributed by atoms with Crippen LogP contribution in [0, 0.1) is 11.7 Å². The van der Waals surface area contributed by atoms with E-state index in [0.29, 0.717) is 0 Å². The lowest BCUT2D eigenvalue weighted by Crippen LogP contribution is -2.37. The van der Waals surface area contributed by atoms with Crippen molar-refractivity contribution in [2.24, 2.45) is 5.92 Å². The first-order valence-corrected chi connectivity index (χ1v) is 5.83. The van der Waals surface area contributed by atoms with E-state index in [4.69, 9.17) is 9.84 Å². The summed E-state index contributed by atoms with van der Waals surface area (Å²) in [5, 5.41) is 8.76. The van der Waals surface area contributed by atoms with Crippen LogP contribution in [0.1, 0.15) is 26.3 Å². The molecule has 104 valence electrons. The summed E-state index contributed by atoms with van der Waals surface area (Å²) in [6, 6.07) is 4.61. The number of aliphatic carboxylic acids is 1. The van der Waals surface area contributed by atoms with Gasteiger partial charge in [-0.05, 0) is 11.6 Å². The lowest BCUT2D eigenvalue weighted by atomic mass is 9.72. The van der Waals surface area contributed by atoms with Crippen LogP contribution in [0.5, 0.6) is 5.75 Å². The third-order valence-electron chi connectivity index (χ3n) is 3.56. The molecule has 1 rings (SSSR count). The number of rotatable bonds is 5. The van der Waals surface area contributed by atoms with E-state index in [1.807, 2.05) is 0 Å². The van der Waals surface area contributed by atoms with E-state index in [9.17, 15) is 14.0 Å². The molecule has 0 heterocycles. The molecular weight excluding hydrogens is 251 g/mol. The fourth-order valence-corrected chi connectivity index (χ4v) is 1.91. The average Bonchev–Trinajstić information content (AvgIpc) is 2.36. The maximum absolute atomic E-state index is 14.2. The highest BCUT2D eigenvalue weighted by molar-refractivity contribution is 6.33. The molecule has 1 atom stereocenters. The third kappa shape index (κ3) is 2.75. The van der Waals surface area contributed by atoms with Crippen molar-refractivity contribution >= 4 is 11.8 Å². The summed E-state index contributed by atoms with van der Waals surface area (Å²) in [5.74, 6) is -3.80. The second-order valence-electron chi connectivity index (χ2n) is 4.93. The van der Waals surface area contributed by atoms with E-state index in [2.05, 4.69) is 0 Å². The molecule has 0 fully saturated rings. The molecule has 4 nitrogen and oxygen atoms in total. The van der Waals surface area contributed by atoms with Gasteiger partial charge in [-0.1, -0.05) is 32.9 Å². The van der Waals surface area contributed by atoms with E-state index >= 15 is 0 Å². The maximum Gasteiger partial charge on any atom is 0.372 e. The van der Waals surface area contributed by atoms with Gasteiger partial charge in [0.25, 0.3) is 0 Å². The minimum absolute atomic E-state index is 0.0700. The molecule has 0 spiro atoms. The van der Waals surface area contributed by atoms with Gasteiger partial charge >= 0.3 is 5.97 Å². The van der Waals surface area contributed by atoms with Gasteiger partial charge < -0.3 is 9.84 Å². The quantitative estimate of drug-likeness (QED) is 0.833. The van der Waals surface area contributed by atoms with Gasteiger partial charge in [0.1, 0.15) is 0 Å². The summed E-state index contributed by atoms with van der Waals surface area (Å²) >= 11 is 0. The zero-order valence-corrected chi connectivity index (χ0v) is 11.4. The van der Waals surface area contributed by atoms with Gasteiger partial charge in [0, 0.05) is 11.3 Å². The second kappa shape index (κ2) is 5.38. The number of carbonyl (C=O) groups is 2. The molecule has 0 amide bonds. The van der Waals surface area contributed by atoms with Crippen molar-refractivity contribution in [3.63, 3.8) is 0 Å². The largest absolute Gasteiger partial charge is 0.494 e. The average molecular weight is 268 g/mol. The molecule has 0 radical (unpaired) electrons. The van der Waals surface area contributed by atoms with Crippen LogP contribution in [0.4, 0.5) is 4.39 Å². The highest BCUT2D eigenvalue weighted by Gasteiger charge is 2.38. The Kier molecular flexibility index (Phi) is 4.29. The maximum atomic E-state index is 14.2. The number of benzene rings is 1. The summed E-state index contributed by atoms with van der Waals surface area (Å²) in [5.41, 5.74) is -0.692. The van der Waals surface area contributed by atoms with Crippen LogP contribution < -0.4 is 4.74 Å². The molecule has 5 heteroatoms. The molecule has 0 aromatic heterocycles. The Labute approximate surface area is 111 Å². The molecular formula is C14H17FO4. The minimum atomic E-state index is -1.51. The first-order valence-electron chi connectivity index (χ1n) is 5.83. The van der Waals surface area contributed by atoms with Crippen LogP contribution in [0.15, 0.2) is 18.2 Å². The Morgan fingerprint density at radius 2 is 1.95 bits per heavy atom. The summed E-state index contributed by atoms with van der Waals surface area (Å²) in [6.07, 6.45) is 0. The number of carbonyl (C=O) groups excluding carboxylic acids is 1. The van der Waals surface area contributed by atoms with Crippen LogP contribution in [0.3, 0.4) is 0 Å². The summed E-state index contributed by atoms with van der Waals surface area (Å²) in [7, 11) is 1.35. The molecule has 0 aliphatic rings. The Hall–Kier alpha value is -1.91. The van der Waals surface area contributed by atoms with E-state index in [1.165, 1.54) is 26.2 Å². The number of Topliss-reactive ketones (excluding diaryl/α,β-unsaturated/α-hetero) is 1. The first kappa shape index (κ1) is 15.1. The summed E-state index contributed by atoms with van der Waals surface area (Å²) in [4.78, 5) is 22.3. The SMILES string of the molecule is COc1cccc(C(C)(C)C(C)C(=O)C(=O)O)c1F. The van der Waals surface area contributed by atoms with Gasteiger partial charge in [-0.3, -0.25) is 4.79 Å². The monoisotopic (exact) mass is 268 g/mol. The van der Waals surface area contributed by atoms with Crippen LogP contribution in [-0.4, -0.2) is 24.0 Å². The van der Waals surface area contributed by atoms with Crippen molar-refractivity contribution in [1.82, 2.24) is 0 Å². The standard InChI is InChI=1S/C14H17FO4/c1-8(12(16)13(17)18)14(2,3)9-6-5-7-10(19-4)11(9)15/h5-8H,1-4H3,(H,17,18). The molecule has 1 unspecified atom stereocenters. The number of carboxylic acids is 1. The van der Waals surface area contributed by atoms with Crippen LogP contribution >= 0.6 is 0 Å². The second-order valence-corrected chi connectivity index (χ2v) is 4.93. The highest BCUT2D eigenvalue weighted by atomic mass is 19.1. The van der Waals surface area contributed by atoms with Gasteiger partial charge in [-0.25, -0.2) is 9.18 Å². The normalized spacial score (nSPS) is 12.9. The minimum Gasteiger partial charge on any atom is -0.494 e. The molecule has 0 saturated heterocycles. The Bertz CT molecular complexity index is 508. The van der Waals surface area contributed by atoms with Crippen molar-refractivity contribution in [2.75, 3.05) is 7.11 Å². The van der Waals surface area contributed by atoms with Crippen LogP contribution in [0.25, 0.3) is 0 Å². The third-order valence-corrected chi connectivity index (χ3v) is 3.56.